The van der Waals surface area contributed by atoms with Gasteiger partial charge in [-0.15, -0.1) is 21.5 Å². The molecule has 0 aliphatic carbocycles. The Labute approximate surface area is 144 Å². The second-order valence-electron chi connectivity index (χ2n) is 5.97. The fraction of sp³-hybridized carbons (Fsp3) is 0.600. The first-order valence-corrected chi connectivity index (χ1v) is 8.96. The number of hydrogen-bond acceptors (Lipinski definition) is 7. The van der Waals surface area contributed by atoms with Gasteiger partial charge in [0.2, 0.25) is 5.91 Å². The molecule has 2 aromatic heterocycles. The van der Waals surface area contributed by atoms with Crippen LogP contribution in [0.1, 0.15) is 36.8 Å². The number of aliphatic hydroxyl groups is 1. The van der Waals surface area contributed by atoms with Gasteiger partial charge in [0, 0.05) is 44.1 Å². The number of anilines is 1. The van der Waals surface area contributed by atoms with E-state index in [0.717, 1.165) is 38.3 Å². The number of amides is 1. The zero-order valence-electron chi connectivity index (χ0n) is 13.7. The third-order valence-corrected chi connectivity index (χ3v) is 5.03. The Balaban J connectivity index is 1.52. The summed E-state index contributed by atoms with van der Waals surface area (Å²) in [6.07, 6.45) is 4.25. The van der Waals surface area contributed by atoms with Crippen LogP contribution in [0.15, 0.2) is 11.6 Å². The van der Waals surface area contributed by atoms with Crippen LogP contribution in [0, 0.1) is 0 Å². The molecule has 0 unspecified atom stereocenters. The lowest BCUT2D eigenvalue weighted by Crippen LogP contribution is -2.37. The molecule has 8 nitrogen and oxygen atoms in total. The Kier molecular flexibility index (Phi) is 5.54. The molecule has 2 aromatic rings. The third-order valence-electron chi connectivity index (χ3n) is 4.34. The van der Waals surface area contributed by atoms with Crippen LogP contribution in [0.25, 0.3) is 0 Å². The normalized spacial score (nSPS) is 18.7. The number of aromatic nitrogens is 4. The van der Waals surface area contributed by atoms with Crippen LogP contribution < -0.4 is 5.32 Å². The van der Waals surface area contributed by atoms with Gasteiger partial charge in [-0.1, -0.05) is 0 Å². The first-order valence-electron chi connectivity index (χ1n) is 8.08. The Hall–Kier alpha value is -1.84. The molecule has 1 saturated heterocycles. The highest BCUT2D eigenvalue weighted by Crippen LogP contribution is 2.25. The maximum Gasteiger partial charge on any atom is 0.227 e. The second-order valence-corrected chi connectivity index (χ2v) is 6.86. The number of rotatable bonds is 6. The van der Waals surface area contributed by atoms with E-state index in [-0.39, 0.29) is 12.5 Å². The maximum absolute atomic E-state index is 12.0. The van der Waals surface area contributed by atoms with Gasteiger partial charge in [0.15, 0.2) is 11.0 Å². The van der Waals surface area contributed by atoms with E-state index < -0.39 is 0 Å². The predicted octanol–water partition coefficient (Wildman–Crippen LogP) is 0.972. The lowest BCUT2D eigenvalue weighted by molar-refractivity contribution is -0.116. The number of carbonyl (C=O) groups excluding carboxylic acids is 1. The van der Waals surface area contributed by atoms with Gasteiger partial charge in [-0.05, 0) is 19.4 Å². The molecular weight excluding hydrogens is 328 g/mol. The Bertz CT molecular complexity index is 672. The highest BCUT2D eigenvalue weighted by Gasteiger charge is 2.26. The van der Waals surface area contributed by atoms with Crippen molar-refractivity contribution in [2.45, 2.75) is 31.8 Å². The van der Waals surface area contributed by atoms with E-state index in [0.29, 0.717) is 23.3 Å². The fourth-order valence-corrected chi connectivity index (χ4v) is 3.61. The molecule has 3 heterocycles. The van der Waals surface area contributed by atoms with Gasteiger partial charge in [0.25, 0.3) is 0 Å². The van der Waals surface area contributed by atoms with Crippen molar-refractivity contribution in [2.75, 3.05) is 25.0 Å². The van der Waals surface area contributed by atoms with Crippen molar-refractivity contribution in [3.63, 3.8) is 0 Å². The van der Waals surface area contributed by atoms with Gasteiger partial charge in [-0.25, -0.2) is 4.98 Å². The van der Waals surface area contributed by atoms with Crippen molar-refractivity contribution in [1.82, 2.24) is 24.6 Å². The Morgan fingerprint density at radius 1 is 1.50 bits per heavy atom. The van der Waals surface area contributed by atoms with Crippen molar-refractivity contribution in [2.24, 2.45) is 7.05 Å². The summed E-state index contributed by atoms with van der Waals surface area (Å²) in [5.41, 5.74) is 0. The number of nitrogens with zero attached hydrogens (tertiary/aromatic N) is 5. The SMILES string of the molecule is Cn1c(CO)nnc1[C@H]1CCCN(CCC(=O)Nc2nccs2)C1. The molecule has 1 aliphatic heterocycles. The number of likely N-dealkylation sites (tertiary alicyclic amines) is 1. The lowest BCUT2D eigenvalue weighted by Gasteiger charge is -2.31. The average Bonchev–Trinajstić information content (AvgIpc) is 3.22. The van der Waals surface area contributed by atoms with E-state index in [2.05, 4.69) is 25.4 Å². The van der Waals surface area contributed by atoms with Gasteiger partial charge < -0.3 is 19.9 Å². The molecule has 1 atom stereocenters. The van der Waals surface area contributed by atoms with Crippen molar-refractivity contribution in [3.05, 3.63) is 23.2 Å². The molecular formula is C15H22N6O2S. The number of carbonyl (C=O) groups is 1. The molecule has 24 heavy (non-hydrogen) atoms. The lowest BCUT2D eigenvalue weighted by atomic mass is 9.97. The summed E-state index contributed by atoms with van der Waals surface area (Å²) in [6.45, 7) is 2.48. The first kappa shape index (κ1) is 17.0. The molecule has 0 spiro atoms. The smallest absolute Gasteiger partial charge is 0.227 e. The molecule has 0 saturated carbocycles. The number of hydrogen-bond donors (Lipinski definition) is 2. The quantitative estimate of drug-likeness (QED) is 0.806. The monoisotopic (exact) mass is 350 g/mol. The number of piperidine rings is 1. The minimum Gasteiger partial charge on any atom is -0.388 e. The molecule has 130 valence electrons. The molecule has 9 heteroatoms. The zero-order chi connectivity index (χ0) is 16.9. The van der Waals surface area contributed by atoms with Crippen LogP contribution in [0.5, 0.6) is 0 Å². The van der Waals surface area contributed by atoms with Crippen molar-refractivity contribution >= 4 is 22.4 Å². The molecule has 0 bridgehead atoms. The summed E-state index contributed by atoms with van der Waals surface area (Å²) in [6, 6.07) is 0. The number of nitrogens with one attached hydrogen (secondary N) is 1. The summed E-state index contributed by atoms with van der Waals surface area (Å²) in [7, 11) is 1.89. The predicted molar refractivity (Wildman–Crippen MR) is 90.7 cm³/mol. The van der Waals surface area contributed by atoms with E-state index in [9.17, 15) is 9.90 Å². The maximum atomic E-state index is 12.0. The molecule has 3 rings (SSSR count). The highest BCUT2D eigenvalue weighted by molar-refractivity contribution is 7.13. The molecule has 1 amide bonds. The van der Waals surface area contributed by atoms with E-state index >= 15 is 0 Å². The summed E-state index contributed by atoms with van der Waals surface area (Å²) in [5, 5.41) is 22.8. The van der Waals surface area contributed by atoms with Crippen molar-refractivity contribution in [3.8, 4) is 0 Å². The van der Waals surface area contributed by atoms with Gasteiger partial charge in [-0.3, -0.25) is 4.79 Å². The van der Waals surface area contributed by atoms with Gasteiger partial charge in [-0.2, -0.15) is 0 Å². The average molecular weight is 350 g/mol. The number of aliphatic hydroxyl groups excluding tert-OH is 1. The van der Waals surface area contributed by atoms with E-state index in [1.807, 2.05) is 17.0 Å². The molecule has 0 aromatic carbocycles. The summed E-state index contributed by atoms with van der Waals surface area (Å²) in [4.78, 5) is 18.3. The topological polar surface area (TPSA) is 96.2 Å². The van der Waals surface area contributed by atoms with E-state index in [4.69, 9.17) is 0 Å². The standard InChI is InChI=1S/C15H22N6O2S/c1-20-12(10-22)18-19-14(20)11-3-2-6-21(9-11)7-4-13(23)17-15-16-5-8-24-15/h5,8,11,22H,2-4,6-7,9-10H2,1H3,(H,16,17,23)/t11-/m0/s1. The van der Waals surface area contributed by atoms with Crippen LogP contribution in [-0.4, -0.2) is 55.3 Å². The summed E-state index contributed by atoms with van der Waals surface area (Å²) >= 11 is 1.42. The van der Waals surface area contributed by atoms with Gasteiger partial charge >= 0.3 is 0 Å². The minimum absolute atomic E-state index is 0.00621. The van der Waals surface area contributed by atoms with Crippen LogP contribution >= 0.6 is 11.3 Å². The van der Waals surface area contributed by atoms with E-state index in [1.54, 1.807) is 6.20 Å². The van der Waals surface area contributed by atoms with Crippen molar-refractivity contribution < 1.29 is 9.90 Å². The molecule has 1 fully saturated rings. The van der Waals surface area contributed by atoms with Crippen LogP contribution in [-0.2, 0) is 18.4 Å². The molecule has 2 N–H and O–H groups in total. The molecule has 0 radical (unpaired) electrons. The Morgan fingerprint density at radius 2 is 2.38 bits per heavy atom. The van der Waals surface area contributed by atoms with E-state index in [1.165, 1.54) is 11.3 Å². The highest BCUT2D eigenvalue weighted by atomic mass is 32.1. The second kappa shape index (κ2) is 7.82. The van der Waals surface area contributed by atoms with Gasteiger partial charge in [0.1, 0.15) is 12.4 Å². The first-order chi connectivity index (χ1) is 11.7. The summed E-state index contributed by atoms with van der Waals surface area (Å²) in [5.74, 6) is 1.79. The third kappa shape index (κ3) is 3.97. The largest absolute Gasteiger partial charge is 0.388 e. The van der Waals surface area contributed by atoms with Crippen molar-refractivity contribution in [1.29, 1.82) is 0 Å². The van der Waals surface area contributed by atoms with Crippen LogP contribution in [0.3, 0.4) is 0 Å². The van der Waals surface area contributed by atoms with Crippen LogP contribution in [0.2, 0.25) is 0 Å². The van der Waals surface area contributed by atoms with Crippen LogP contribution in [0.4, 0.5) is 5.13 Å². The fourth-order valence-electron chi connectivity index (χ4n) is 3.06. The zero-order valence-corrected chi connectivity index (χ0v) is 14.5. The number of thiazole rings is 1. The molecule has 1 aliphatic rings. The summed E-state index contributed by atoms with van der Waals surface area (Å²) < 4.78 is 1.88. The van der Waals surface area contributed by atoms with Gasteiger partial charge in [0.05, 0.1) is 0 Å². The minimum atomic E-state index is -0.100. The Morgan fingerprint density at radius 3 is 3.08 bits per heavy atom.